The van der Waals surface area contributed by atoms with Gasteiger partial charge in [0.2, 0.25) is 5.92 Å². The van der Waals surface area contributed by atoms with E-state index in [0.29, 0.717) is 12.1 Å². The third-order valence-electron chi connectivity index (χ3n) is 8.11. The summed E-state index contributed by atoms with van der Waals surface area (Å²) >= 11 is 0.938. The van der Waals surface area contributed by atoms with Crippen LogP contribution in [0.5, 0.6) is 0 Å². The standard InChI is InChI=1S/C26H30F5N5O5S/c1-12-2-7-32-34-19(12)23(25(40)3-5-26(30,31)6-4-25)42-24-22(39)20(21(38)17(11-37)41-24)36-10-16(33-35-36)13-8-14(27)18(29)15(28)9-13/h2,7-10,12,17,19-24,37-40H,3-6,11H2,1H3/t12?,17-,19?,20+,21+,22-,23+,24+/m1/s1. The molecule has 230 valence electrons. The number of ether oxygens (including phenoxy) is 1. The topological polar surface area (TPSA) is 146 Å². The molecule has 10 nitrogen and oxygen atoms in total. The molecule has 0 amide bonds. The summed E-state index contributed by atoms with van der Waals surface area (Å²) in [7, 11) is 0. The summed E-state index contributed by atoms with van der Waals surface area (Å²) in [6.07, 6.45) is -1.50. The van der Waals surface area contributed by atoms with E-state index in [4.69, 9.17) is 4.74 Å². The molecule has 42 heavy (non-hydrogen) atoms. The number of thioether (sulfide) groups is 1. The zero-order valence-corrected chi connectivity index (χ0v) is 23.1. The van der Waals surface area contributed by atoms with Crippen molar-refractivity contribution in [2.75, 3.05) is 6.61 Å². The van der Waals surface area contributed by atoms with Gasteiger partial charge in [-0.3, -0.25) is 0 Å². The van der Waals surface area contributed by atoms with Crippen molar-refractivity contribution in [2.24, 2.45) is 16.1 Å². The Bertz CT molecular complexity index is 1320. The number of azo groups is 1. The third kappa shape index (κ3) is 5.97. The monoisotopic (exact) mass is 619 g/mol. The van der Waals surface area contributed by atoms with Crippen LogP contribution in [0.15, 0.2) is 40.8 Å². The lowest BCUT2D eigenvalue weighted by Crippen LogP contribution is -2.58. The van der Waals surface area contributed by atoms with Crippen molar-refractivity contribution in [3.05, 3.63) is 48.1 Å². The predicted molar refractivity (Wildman–Crippen MR) is 139 cm³/mol. The summed E-state index contributed by atoms with van der Waals surface area (Å²) < 4.78 is 76.1. The van der Waals surface area contributed by atoms with E-state index in [1.807, 2.05) is 6.92 Å². The van der Waals surface area contributed by atoms with Crippen molar-refractivity contribution >= 4 is 11.8 Å². The number of alkyl halides is 2. The van der Waals surface area contributed by atoms with Crippen molar-refractivity contribution in [1.29, 1.82) is 0 Å². The zero-order chi connectivity index (χ0) is 30.4. The molecule has 0 radical (unpaired) electrons. The van der Waals surface area contributed by atoms with Gasteiger partial charge in [0.25, 0.3) is 0 Å². The van der Waals surface area contributed by atoms with Crippen molar-refractivity contribution in [3.8, 4) is 11.3 Å². The number of halogens is 5. The van der Waals surface area contributed by atoms with Crippen LogP contribution in [0, 0.1) is 23.4 Å². The summed E-state index contributed by atoms with van der Waals surface area (Å²) in [6, 6.07) is -0.550. The van der Waals surface area contributed by atoms with Crippen molar-refractivity contribution in [2.45, 2.75) is 85.2 Å². The normalized spacial score (nSPS) is 33.0. The molecule has 1 aliphatic carbocycles. The van der Waals surface area contributed by atoms with Gasteiger partial charge >= 0.3 is 0 Å². The quantitative estimate of drug-likeness (QED) is 0.273. The average molecular weight is 620 g/mol. The van der Waals surface area contributed by atoms with Gasteiger partial charge in [0.05, 0.1) is 29.7 Å². The SMILES string of the molecule is CC1C=CN=NC1[C@H](S[C@@H]1O[C@H](CO)[C@H](O)[C@H](n2cc(-c3cc(F)c(F)c(F)c3)nn2)[C@H]1O)C1(O)CCC(F)(F)CC1. The second-order valence-corrected chi connectivity index (χ2v) is 12.2. The van der Waals surface area contributed by atoms with Gasteiger partial charge in [0.1, 0.15) is 35.5 Å². The van der Waals surface area contributed by atoms with Crippen LogP contribution >= 0.6 is 11.8 Å². The summed E-state index contributed by atoms with van der Waals surface area (Å²) in [5, 5.41) is 59.1. The molecule has 8 atom stereocenters. The molecule has 1 aromatic carbocycles. The minimum absolute atomic E-state index is 0.0954. The zero-order valence-electron chi connectivity index (χ0n) is 22.3. The number of aliphatic hydroxyl groups is 4. The van der Waals surface area contributed by atoms with E-state index in [-0.39, 0.29) is 30.0 Å². The maximum absolute atomic E-state index is 14.1. The molecule has 4 N–H and O–H groups in total. The van der Waals surface area contributed by atoms with Crippen LogP contribution < -0.4 is 0 Å². The molecule has 0 spiro atoms. The number of aliphatic hydroxyl groups excluding tert-OH is 3. The maximum atomic E-state index is 14.1. The number of hydrogen-bond donors (Lipinski definition) is 4. The van der Waals surface area contributed by atoms with Gasteiger partial charge in [-0.05, 0) is 25.0 Å². The largest absolute Gasteiger partial charge is 0.394 e. The number of rotatable bonds is 7. The number of nitrogens with zero attached hydrogens (tertiary/aromatic N) is 5. The summed E-state index contributed by atoms with van der Waals surface area (Å²) in [4.78, 5) is 0. The highest BCUT2D eigenvalue weighted by Gasteiger charge is 2.54. The highest BCUT2D eigenvalue weighted by molar-refractivity contribution is 8.00. The van der Waals surface area contributed by atoms with E-state index >= 15 is 0 Å². The van der Waals surface area contributed by atoms with Crippen LogP contribution in [0.4, 0.5) is 22.0 Å². The van der Waals surface area contributed by atoms with Crippen LogP contribution in [-0.4, -0.2) is 88.6 Å². The molecule has 3 aliphatic rings. The summed E-state index contributed by atoms with van der Waals surface area (Å²) in [5.41, 5.74) is -3.11. The first-order valence-corrected chi connectivity index (χ1v) is 14.3. The molecule has 2 aliphatic heterocycles. The molecule has 1 saturated heterocycles. The summed E-state index contributed by atoms with van der Waals surface area (Å²) in [6.45, 7) is 1.15. The second-order valence-electron chi connectivity index (χ2n) is 11.0. The summed E-state index contributed by atoms with van der Waals surface area (Å²) in [5.74, 6) is -7.74. The van der Waals surface area contributed by atoms with E-state index in [9.17, 15) is 42.4 Å². The molecule has 1 saturated carbocycles. The van der Waals surface area contributed by atoms with E-state index in [2.05, 4.69) is 20.5 Å². The molecule has 3 heterocycles. The Hall–Kier alpha value is -2.50. The van der Waals surface area contributed by atoms with Gasteiger partial charge in [-0.1, -0.05) is 18.2 Å². The molecule has 0 bridgehead atoms. The van der Waals surface area contributed by atoms with Crippen LogP contribution in [-0.2, 0) is 4.74 Å². The van der Waals surface area contributed by atoms with Crippen molar-refractivity contribution in [3.63, 3.8) is 0 Å². The van der Waals surface area contributed by atoms with Crippen LogP contribution in [0.25, 0.3) is 11.3 Å². The lowest BCUT2D eigenvalue weighted by molar-refractivity contribution is -0.179. The first-order valence-electron chi connectivity index (χ1n) is 13.3. The first kappa shape index (κ1) is 30.9. The van der Waals surface area contributed by atoms with E-state index in [1.165, 1.54) is 12.4 Å². The van der Waals surface area contributed by atoms with E-state index in [0.717, 1.165) is 16.4 Å². The lowest BCUT2D eigenvalue weighted by Gasteiger charge is -2.48. The lowest BCUT2D eigenvalue weighted by atomic mass is 9.76. The van der Waals surface area contributed by atoms with Crippen LogP contribution in [0.2, 0.25) is 0 Å². The molecular weight excluding hydrogens is 589 g/mol. The minimum Gasteiger partial charge on any atom is -0.394 e. The van der Waals surface area contributed by atoms with Gasteiger partial charge in [0.15, 0.2) is 17.5 Å². The van der Waals surface area contributed by atoms with Gasteiger partial charge in [-0.15, -0.1) is 16.9 Å². The third-order valence-corrected chi connectivity index (χ3v) is 9.78. The average Bonchev–Trinajstić information content (AvgIpc) is 3.43. The predicted octanol–water partition coefficient (Wildman–Crippen LogP) is 3.37. The fourth-order valence-corrected chi connectivity index (χ4v) is 7.37. The second kappa shape index (κ2) is 11.9. The number of aromatic nitrogens is 3. The fourth-order valence-electron chi connectivity index (χ4n) is 5.60. The van der Waals surface area contributed by atoms with E-state index < -0.39 is 89.5 Å². The molecule has 1 aromatic heterocycles. The van der Waals surface area contributed by atoms with Crippen LogP contribution in [0.1, 0.15) is 38.6 Å². The highest BCUT2D eigenvalue weighted by Crippen LogP contribution is 2.49. The first-order chi connectivity index (χ1) is 19.8. The van der Waals surface area contributed by atoms with Crippen molar-refractivity contribution < 1.29 is 47.1 Å². The van der Waals surface area contributed by atoms with Gasteiger partial charge in [-0.25, -0.2) is 26.6 Å². The Kier molecular flexibility index (Phi) is 8.75. The molecule has 2 aromatic rings. The molecular formula is C26H30F5N5O5S. The van der Waals surface area contributed by atoms with Gasteiger partial charge < -0.3 is 25.2 Å². The Morgan fingerprint density at radius 3 is 2.38 bits per heavy atom. The van der Waals surface area contributed by atoms with Gasteiger partial charge in [-0.2, -0.15) is 10.2 Å². The Labute approximate surface area is 241 Å². The van der Waals surface area contributed by atoms with Crippen LogP contribution in [0.3, 0.4) is 0 Å². The smallest absolute Gasteiger partial charge is 0.248 e. The molecule has 2 fully saturated rings. The number of hydrogen-bond acceptors (Lipinski definition) is 10. The molecule has 16 heteroatoms. The molecule has 2 unspecified atom stereocenters. The van der Waals surface area contributed by atoms with Crippen molar-refractivity contribution in [1.82, 2.24) is 15.0 Å². The van der Waals surface area contributed by atoms with Gasteiger partial charge in [0, 0.05) is 30.5 Å². The Morgan fingerprint density at radius 2 is 1.76 bits per heavy atom. The highest BCUT2D eigenvalue weighted by atomic mass is 32.2. The molecule has 5 rings (SSSR count). The maximum Gasteiger partial charge on any atom is 0.248 e. The Morgan fingerprint density at radius 1 is 1.10 bits per heavy atom. The minimum atomic E-state index is -2.93. The Balaban J connectivity index is 1.45. The van der Waals surface area contributed by atoms with E-state index in [1.54, 1.807) is 6.08 Å². The fraction of sp³-hybridized carbons (Fsp3) is 0.615. The number of benzene rings is 1.